The molecule has 8 N–H and O–H groups in total. The van der Waals surface area contributed by atoms with E-state index in [0.29, 0.717) is 24.5 Å². The van der Waals surface area contributed by atoms with Crippen LogP contribution < -0.4 is 41.8 Å². The average molecular weight is 1190 g/mol. The van der Waals surface area contributed by atoms with Crippen molar-refractivity contribution in [2.45, 2.75) is 114 Å². The summed E-state index contributed by atoms with van der Waals surface area (Å²) < 4.78 is 31.0. The van der Waals surface area contributed by atoms with Gasteiger partial charge in [0.15, 0.2) is 11.6 Å². The number of ketones is 2. The summed E-state index contributed by atoms with van der Waals surface area (Å²) in [4.78, 5) is 100. The van der Waals surface area contributed by atoms with E-state index >= 15 is 0 Å². The minimum atomic E-state index is -1.17. The Bertz CT molecular complexity index is 3200. The molecule has 2 fully saturated rings. The summed E-state index contributed by atoms with van der Waals surface area (Å²) >= 11 is 0. The maximum absolute atomic E-state index is 13.7. The van der Waals surface area contributed by atoms with Gasteiger partial charge in [0, 0.05) is 12.8 Å². The van der Waals surface area contributed by atoms with Gasteiger partial charge in [0.25, 0.3) is 0 Å². The largest absolute Gasteiger partial charge is 0.497 e. The van der Waals surface area contributed by atoms with E-state index in [1.54, 1.807) is 81.6 Å². The van der Waals surface area contributed by atoms with Crippen molar-refractivity contribution in [2.75, 3.05) is 27.4 Å². The predicted molar refractivity (Wildman–Crippen MR) is 322 cm³/mol. The first-order chi connectivity index (χ1) is 41.7. The molecule has 0 radical (unpaired) electrons. The molecule has 2 aliphatic rings. The molecule has 0 saturated carbocycles. The molecule has 8 atom stereocenters. The van der Waals surface area contributed by atoms with E-state index in [9.17, 15) is 43.5 Å². The van der Waals surface area contributed by atoms with Crippen molar-refractivity contribution in [3.05, 3.63) is 203 Å². The number of nitrogens with one attached hydrogen (secondary N) is 5. The molecule has 0 spiro atoms. The minimum Gasteiger partial charge on any atom is -0.497 e. The lowest BCUT2D eigenvalue weighted by molar-refractivity contribution is -0.142. The molecule has 2 aliphatic heterocycles. The molecule has 3 unspecified atom stereocenters. The van der Waals surface area contributed by atoms with Gasteiger partial charge in [-0.1, -0.05) is 146 Å². The number of Topliss-reactive ketones (excluding diaryl/α,β-unsaturated/α-hetero) is 2. The monoisotopic (exact) mass is 1190 g/mol. The van der Waals surface area contributed by atoms with Crippen LogP contribution in [0.5, 0.6) is 11.5 Å². The van der Waals surface area contributed by atoms with Gasteiger partial charge in [0.05, 0.1) is 39.5 Å². The third kappa shape index (κ3) is 22.2. The van der Waals surface area contributed by atoms with Crippen LogP contribution in [0.3, 0.4) is 0 Å². The van der Waals surface area contributed by atoms with Gasteiger partial charge in [-0.25, -0.2) is 14.4 Å². The molecule has 6 aromatic carbocycles. The molecule has 21 heteroatoms. The Morgan fingerprint density at radius 2 is 0.770 bits per heavy atom. The van der Waals surface area contributed by atoms with Crippen molar-refractivity contribution in [2.24, 2.45) is 5.73 Å². The van der Waals surface area contributed by atoms with Crippen molar-refractivity contribution in [3.63, 3.8) is 0 Å². The average Bonchev–Trinajstić information content (AvgIpc) is 3.85. The normalized spacial score (nSPS) is 17.2. The van der Waals surface area contributed by atoms with Crippen LogP contribution in [0, 0.1) is 0 Å². The first-order valence-electron chi connectivity index (χ1n) is 28.2. The second-order valence-electron chi connectivity index (χ2n) is 21.2. The van der Waals surface area contributed by atoms with Gasteiger partial charge in [0.2, 0.25) is 17.7 Å². The third-order valence-corrected chi connectivity index (χ3v) is 14.1. The maximum atomic E-state index is 13.7. The Balaban J connectivity index is 0.000000235. The number of alkyl carbamates (subject to hydrolysis) is 2. The molecule has 5 amide bonds. The number of carbonyl (C=O) groups is 8. The first-order valence-corrected chi connectivity index (χ1v) is 28.2. The zero-order valence-electron chi connectivity index (χ0n) is 49.5. The van der Waals surface area contributed by atoms with Crippen LogP contribution in [0.4, 0.5) is 9.59 Å². The van der Waals surface area contributed by atoms with Crippen LogP contribution in [0.1, 0.15) is 61.1 Å². The van der Waals surface area contributed by atoms with Gasteiger partial charge >= 0.3 is 18.2 Å². The quantitative estimate of drug-likeness (QED) is 0.0284. The topological polar surface area (TPSA) is 305 Å². The Morgan fingerprint density at radius 1 is 0.448 bits per heavy atom. The van der Waals surface area contributed by atoms with Crippen molar-refractivity contribution in [1.29, 1.82) is 0 Å². The molecule has 2 saturated heterocycles. The highest BCUT2D eigenvalue weighted by Crippen LogP contribution is 2.30. The number of hydrogen-bond acceptors (Lipinski definition) is 15. The number of methoxy groups -OCH3 is 2. The molecular weight excluding hydrogens is 1120 g/mol. The number of carbonyl (C=O) groups excluding carboxylic acids is 7. The fourth-order valence-electron chi connectivity index (χ4n) is 8.57. The van der Waals surface area contributed by atoms with E-state index in [2.05, 4.69) is 26.6 Å². The minimum absolute atomic E-state index is 0.00588. The Labute approximate surface area is 506 Å². The number of rotatable bonds is 27. The van der Waals surface area contributed by atoms with Gasteiger partial charge in [-0.15, -0.1) is 0 Å². The van der Waals surface area contributed by atoms with E-state index in [4.69, 9.17) is 34.2 Å². The lowest BCUT2D eigenvalue weighted by Crippen LogP contribution is -2.57. The molecule has 0 aliphatic carbocycles. The van der Waals surface area contributed by atoms with Crippen LogP contribution in [-0.4, -0.2) is 127 Å². The second kappa shape index (κ2) is 32.7. The smallest absolute Gasteiger partial charge is 0.408 e. The van der Waals surface area contributed by atoms with Crippen LogP contribution in [0.25, 0.3) is 0 Å². The SMILES string of the molecule is CC1(C(=O)C(N)Cc2ccccc2)CO1.COc1ccc(C[C@H](NC(=O)[C@@H](C)NC(=O)OCc2ccccc2)C(=O)N[C@@H](Cc2ccccc2)C(=O)C2(C)CO2)cc1.COc1ccc(C[C@H](NC(=O)[C@@H](C)NC(=O)OCc2ccccc2)C(=O)O)cc1. The van der Waals surface area contributed by atoms with Crippen molar-refractivity contribution < 1.29 is 71.9 Å². The van der Waals surface area contributed by atoms with Crippen molar-refractivity contribution >= 4 is 47.4 Å². The van der Waals surface area contributed by atoms with E-state index < -0.39 is 83.3 Å². The van der Waals surface area contributed by atoms with Gasteiger partial charge < -0.3 is 65.8 Å². The van der Waals surface area contributed by atoms with E-state index in [1.807, 2.05) is 109 Å². The zero-order chi connectivity index (χ0) is 62.9. The molecule has 6 aromatic rings. The summed E-state index contributed by atoms with van der Waals surface area (Å²) in [6.07, 6.45) is -0.465. The summed E-state index contributed by atoms with van der Waals surface area (Å²) in [5, 5.41) is 22.3. The highest BCUT2D eigenvalue weighted by atomic mass is 16.6. The molecule has 0 bridgehead atoms. The first kappa shape index (κ1) is 66.7. The Hall–Kier alpha value is -9.44. The molecule has 87 heavy (non-hydrogen) atoms. The Kier molecular flexibility index (Phi) is 25.1. The fourth-order valence-corrected chi connectivity index (χ4v) is 8.57. The highest BCUT2D eigenvalue weighted by molar-refractivity contribution is 5.98. The summed E-state index contributed by atoms with van der Waals surface area (Å²) in [6.45, 7) is 7.33. The number of ether oxygens (including phenoxy) is 6. The van der Waals surface area contributed by atoms with Crippen LogP contribution in [0.2, 0.25) is 0 Å². The highest BCUT2D eigenvalue weighted by Gasteiger charge is 2.50. The van der Waals surface area contributed by atoms with Crippen LogP contribution >= 0.6 is 0 Å². The number of hydrogen-bond donors (Lipinski definition) is 7. The number of carboxylic acid groups (broad SMARTS) is 1. The zero-order valence-corrected chi connectivity index (χ0v) is 49.5. The number of amides is 5. The standard InChI is InChI=1S/C33H37N3O7.C21H24N2O6.C12H15NO2/c1-22(34-32(40)42-20-25-12-8-5-9-13-25)30(38)36-28(19-24-14-16-26(41-3)17-15-24)31(39)35-27(29(37)33(2)21-43-33)18-23-10-6-4-7-11-23;1-14(22-21(27)29-13-16-6-4-3-5-7-16)19(24)23-18(20(25)26)12-15-8-10-17(28-2)11-9-15;1-12(8-15-12)11(14)10(13)7-9-5-3-2-4-6-9/h4-17,22,27-28H,18-21H2,1-3H3,(H,34,40)(H,35,39)(H,36,38);3-11,14,18H,12-13H2,1-2H3,(H,22,27)(H,23,24)(H,25,26);2-6,10H,7-8,13H2,1H3/t22-,27+,28+,33?;14-,18+;/m11./s1. The second-order valence-corrected chi connectivity index (χ2v) is 21.2. The number of aliphatic carboxylic acids is 1. The molecule has 460 valence electrons. The van der Waals surface area contributed by atoms with E-state index in [0.717, 1.165) is 33.4 Å². The van der Waals surface area contributed by atoms with Gasteiger partial charge in [-0.05, 0) is 98.2 Å². The summed E-state index contributed by atoms with van der Waals surface area (Å²) in [5.74, 6) is -1.86. The van der Waals surface area contributed by atoms with E-state index in [-0.39, 0.29) is 50.6 Å². The van der Waals surface area contributed by atoms with Crippen molar-refractivity contribution in [3.8, 4) is 11.5 Å². The lowest BCUT2D eigenvalue weighted by Gasteiger charge is -2.25. The molecular formula is C66H76N6O15. The maximum Gasteiger partial charge on any atom is 0.408 e. The van der Waals surface area contributed by atoms with E-state index in [1.165, 1.54) is 21.0 Å². The number of benzene rings is 6. The predicted octanol–water partition coefficient (Wildman–Crippen LogP) is 6.16. The van der Waals surface area contributed by atoms with Gasteiger partial charge in [-0.2, -0.15) is 0 Å². The van der Waals surface area contributed by atoms with Crippen molar-refractivity contribution in [1.82, 2.24) is 26.6 Å². The van der Waals surface area contributed by atoms with Crippen LogP contribution in [0.15, 0.2) is 170 Å². The number of carboxylic acids is 1. The molecule has 21 nitrogen and oxygen atoms in total. The summed E-state index contributed by atoms with van der Waals surface area (Å²) in [5.41, 5.74) is 9.33. The summed E-state index contributed by atoms with van der Waals surface area (Å²) in [7, 11) is 3.09. The third-order valence-electron chi connectivity index (χ3n) is 14.1. The fraction of sp³-hybridized carbons (Fsp3) is 0.333. The molecule has 0 aromatic heterocycles. The Morgan fingerprint density at radius 3 is 1.15 bits per heavy atom. The molecule has 2 heterocycles. The summed E-state index contributed by atoms with van der Waals surface area (Å²) in [6, 6.07) is 45.9. The number of epoxide rings is 2. The molecule has 8 rings (SSSR count). The van der Waals surface area contributed by atoms with Gasteiger partial charge in [-0.3, -0.25) is 24.0 Å². The van der Waals surface area contributed by atoms with Crippen LogP contribution in [-0.2, 0) is 86.6 Å². The number of nitrogens with two attached hydrogens (primary N) is 1. The lowest BCUT2D eigenvalue weighted by atomic mass is 9.94. The van der Waals surface area contributed by atoms with Gasteiger partial charge in [0.1, 0.15) is 60.1 Å².